The van der Waals surface area contributed by atoms with Crippen molar-refractivity contribution in [2.24, 2.45) is 5.10 Å². The molecule has 1 rings (SSSR count). The largest absolute Gasteiger partial charge is 0.490 e. The van der Waals surface area contributed by atoms with Gasteiger partial charge in [-0.25, -0.2) is 4.79 Å². The Kier molecular flexibility index (Phi) is 9.21. The molecule has 0 radical (unpaired) electrons. The number of hydrogen-bond donors (Lipinski definition) is 2. The Hall–Kier alpha value is -2.35. The van der Waals surface area contributed by atoms with E-state index in [1.165, 1.54) is 0 Å². The fourth-order valence-corrected chi connectivity index (χ4v) is 1.89. The summed E-state index contributed by atoms with van der Waals surface area (Å²) in [6.45, 7) is 6.90. The van der Waals surface area contributed by atoms with E-state index < -0.39 is 5.97 Å². The molecule has 0 amide bonds. The van der Waals surface area contributed by atoms with Gasteiger partial charge in [-0.1, -0.05) is 0 Å². The monoisotopic (exact) mass is 353 g/mol. The third-order valence-corrected chi connectivity index (χ3v) is 2.87. The van der Waals surface area contributed by atoms with Gasteiger partial charge in [-0.3, -0.25) is 5.43 Å². The summed E-state index contributed by atoms with van der Waals surface area (Å²) < 4.78 is 15.8. The minimum atomic E-state index is -0.424. The standard InChI is InChI=1S/C16H23N3O4S/c1-4-17-16(24)19-18-10-12-7-8-13(14(9-12)21-5-2)23-11-15(20)22-6-3/h7-10H,4-6,11H2,1-3H3,(H2,17,19,24)/b18-10-. The summed E-state index contributed by atoms with van der Waals surface area (Å²) in [5.74, 6) is 0.574. The van der Waals surface area contributed by atoms with Crippen LogP contribution < -0.4 is 20.2 Å². The van der Waals surface area contributed by atoms with E-state index in [-0.39, 0.29) is 6.61 Å². The zero-order valence-electron chi connectivity index (χ0n) is 14.1. The van der Waals surface area contributed by atoms with E-state index in [1.54, 1.807) is 31.3 Å². The molecule has 0 aliphatic carbocycles. The summed E-state index contributed by atoms with van der Waals surface area (Å²) in [4.78, 5) is 11.4. The lowest BCUT2D eigenvalue weighted by Gasteiger charge is -2.12. The first-order valence-corrected chi connectivity index (χ1v) is 8.13. The van der Waals surface area contributed by atoms with Gasteiger partial charge < -0.3 is 19.5 Å². The number of hydrazone groups is 1. The van der Waals surface area contributed by atoms with Gasteiger partial charge in [-0.05, 0) is 56.8 Å². The molecule has 0 aliphatic rings. The highest BCUT2D eigenvalue weighted by Gasteiger charge is 2.09. The van der Waals surface area contributed by atoms with Crippen LogP contribution in [0, 0.1) is 0 Å². The van der Waals surface area contributed by atoms with Gasteiger partial charge in [0.1, 0.15) is 0 Å². The maximum atomic E-state index is 11.4. The first-order valence-electron chi connectivity index (χ1n) is 7.72. The van der Waals surface area contributed by atoms with Gasteiger partial charge in [0.25, 0.3) is 0 Å². The van der Waals surface area contributed by atoms with E-state index >= 15 is 0 Å². The van der Waals surface area contributed by atoms with Crippen molar-refractivity contribution in [2.75, 3.05) is 26.4 Å². The van der Waals surface area contributed by atoms with Crippen LogP contribution >= 0.6 is 12.2 Å². The van der Waals surface area contributed by atoms with Crippen LogP contribution in [0.15, 0.2) is 23.3 Å². The van der Waals surface area contributed by atoms with Crippen molar-refractivity contribution in [3.8, 4) is 11.5 Å². The molecule has 7 nitrogen and oxygen atoms in total. The maximum Gasteiger partial charge on any atom is 0.344 e. The molecule has 0 heterocycles. The van der Waals surface area contributed by atoms with E-state index in [0.717, 1.165) is 12.1 Å². The zero-order chi connectivity index (χ0) is 17.8. The summed E-state index contributed by atoms with van der Waals surface area (Å²) in [5, 5.41) is 7.42. The van der Waals surface area contributed by atoms with Crippen LogP contribution in [0.1, 0.15) is 26.3 Å². The van der Waals surface area contributed by atoms with E-state index in [9.17, 15) is 4.79 Å². The lowest BCUT2D eigenvalue weighted by Crippen LogP contribution is -2.31. The SMILES string of the molecule is CCNC(=S)N/N=C\c1ccc(OCC(=O)OCC)c(OCC)c1. The molecule has 2 N–H and O–H groups in total. The second kappa shape index (κ2) is 11.2. The molecule has 0 atom stereocenters. The van der Waals surface area contributed by atoms with Crippen LogP contribution in [0.25, 0.3) is 0 Å². The molecule has 0 aromatic heterocycles. The highest BCUT2D eigenvalue weighted by atomic mass is 32.1. The minimum absolute atomic E-state index is 0.167. The fraction of sp³-hybridized carbons (Fsp3) is 0.438. The van der Waals surface area contributed by atoms with Crippen molar-refractivity contribution in [3.63, 3.8) is 0 Å². The molecule has 0 aliphatic heterocycles. The maximum absolute atomic E-state index is 11.4. The predicted octanol–water partition coefficient (Wildman–Crippen LogP) is 1.85. The summed E-state index contributed by atoms with van der Waals surface area (Å²) >= 11 is 5.01. The van der Waals surface area contributed by atoms with E-state index in [4.69, 9.17) is 26.4 Å². The predicted molar refractivity (Wildman–Crippen MR) is 96.7 cm³/mol. The smallest absolute Gasteiger partial charge is 0.344 e. The van der Waals surface area contributed by atoms with Crippen molar-refractivity contribution in [3.05, 3.63) is 23.8 Å². The Morgan fingerprint density at radius 3 is 2.67 bits per heavy atom. The number of nitrogens with one attached hydrogen (secondary N) is 2. The Morgan fingerprint density at radius 2 is 2.00 bits per heavy atom. The average molecular weight is 353 g/mol. The van der Waals surface area contributed by atoms with Crippen LogP contribution in [-0.4, -0.2) is 43.7 Å². The number of carbonyl (C=O) groups is 1. The van der Waals surface area contributed by atoms with Crippen LogP contribution in [0.2, 0.25) is 0 Å². The van der Waals surface area contributed by atoms with Crippen molar-refractivity contribution in [2.45, 2.75) is 20.8 Å². The molecule has 0 bridgehead atoms. The number of rotatable bonds is 9. The van der Waals surface area contributed by atoms with Gasteiger partial charge in [0, 0.05) is 6.54 Å². The Bertz CT molecular complexity index is 578. The molecular weight excluding hydrogens is 330 g/mol. The van der Waals surface area contributed by atoms with Gasteiger partial charge in [0.05, 0.1) is 19.4 Å². The Balaban J connectivity index is 2.73. The molecular formula is C16H23N3O4S. The molecule has 132 valence electrons. The minimum Gasteiger partial charge on any atom is -0.490 e. The molecule has 0 fully saturated rings. The van der Waals surface area contributed by atoms with Crippen LogP contribution in [0.3, 0.4) is 0 Å². The van der Waals surface area contributed by atoms with Crippen molar-refractivity contribution < 1.29 is 19.0 Å². The summed E-state index contributed by atoms with van der Waals surface area (Å²) in [5.41, 5.74) is 3.51. The fourth-order valence-electron chi connectivity index (χ4n) is 1.70. The third-order valence-electron chi connectivity index (χ3n) is 2.64. The number of hydrogen-bond acceptors (Lipinski definition) is 6. The van der Waals surface area contributed by atoms with Gasteiger partial charge in [0.2, 0.25) is 0 Å². The van der Waals surface area contributed by atoms with Crippen LogP contribution in [0.4, 0.5) is 0 Å². The van der Waals surface area contributed by atoms with E-state index in [2.05, 4.69) is 15.8 Å². The van der Waals surface area contributed by atoms with Crippen molar-refractivity contribution in [1.29, 1.82) is 0 Å². The normalized spacial score (nSPS) is 10.3. The number of ether oxygens (including phenoxy) is 3. The quantitative estimate of drug-likeness (QED) is 0.303. The molecule has 8 heteroatoms. The lowest BCUT2D eigenvalue weighted by atomic mass is 10.2. The first-order chi connectivity index (χ1) is 11.6. The van der Waals surface area contributed by atoms with Gasteiger partial charge in [-0.15, -0.1) is 0 Å². The molecule has 1 aromatic rings. The molecule has 1 aromatic carbocycles. The molecule has 0 unspecified atom stereocenters. The van der Waals surface area contributed by atoms with Crippen LogP contribution in [0.5, 0.6) is 11.5 Å². The Morgan fingerprint density at radius 1 is 1.21 bits per heavy atom. The van der Waals surface area contributed by atoms with E-state index in [1.807, 2.05) is 13.8 Å². The van der Waals surface area contributed by atoms with E-state index in [0.29, 0.717) is 29.8 Å². The average Bonchev–Trinajstić information content (AvgIpc) is 2.55. The summed E-state index contributed by atoms with van der Waals surface area (Å²) in [7, 11) is 0. The first kappa shape index (κ1) is 19.7. The Labute approximate surface area is 147 Å². The number of esters is 1. The molecule has 0 saturated carbocycles. The van der Waals surface area contributed by atoms with Crippen LogP contribution in [-0.2, 0) is 9.53 Å². The second-order valence-corrected chi connectivity index (χ2v) is 4.87. The summed E-state index contributed by atoms with van der Waals surface area (Å²) in [6, 6.07) is 5.28. The van der Waals surface area contributed by atoms with Crippen molar-refractivity contribution >= 4 is 29.5 Å². The number of carbonyl (C=O) groups excluding carboxylic acids is 1. The zero-order valence-corrected chi connectivity index (χ0v) is 14.9. The van der Waals surface area contributed by atoms with Gasteiger partial charge >= 0.3 is 5.97 Å². The highest BCUT2D eigenvalue weighted by Crippen LogP contribution is 2.28. The summed E-state index contributed by atoms with van der Waals surface area (Å²) in [6.07, 6.45) is 1.61. The third kappa shape index (κ3) is 7.28. The number of benzene rings is 1. The second-order valence-electron chi connectivity index (χ2n) is 4.46. The van der Waals surface area contributed by atoms with Gasteiger partial charge in [0.15, 0.2) is 23.2 Å². The number of nitrogens with zero attached hydrogens (tertiary/aromatic N) is 1. The van der Waals surface area contributed by atoms with Gasteiger partial charge in [-0.2, -0.15) is 5.10 Å². The molecule has 0 saturated heterocycles. The lowest BCUT2D eigenvalue weighted by molar-refractivity contribution is -0.145. The molecule has 0 spiro atoms. The topological polar surface area (TPSA) is 81.2 Å². The van der Waals surface area contributed by atoms with Crippen molar-refractivity contribution in [1.82, 2.24) is 10.7 Å². The number of thiocarbonyl (C=S) groups is 1. The highest BCUT2D eigenvalue weighted by molar-refractivity contribution is 7.80. The molecule has 24 heavy (non-hydrogen) atoms.